The first kappa shape index (κ1) is 15.3. The van der Waals surface area contributed by atoms with E-state index < -0.39 is 0 Å². The molecular weight excluding hydrogens is 314 g/mol. The van der Waals surface area contributed by atoms with Gasteiger partial charge >= 0.3 is 0 Å². The lowest BCUT2D eigenvalue weighted by Crippen LogP contribution is -2.17. The highest BCUT2D eigenvalue weighted by Crippen LogP contribution is 2.21. The fourth-order valence-electron chi connectivity index (χ4n) is 2.28. The molecule has 0 atom stereocenters. The SMILES string of the molecule is CCc1nn(C)c(CNCCCc2ccccc2)c1Br. The van der Waals surface area contributed by atoms with Crippen LogP contribution in [0, 0.1) is 0 Å². The molecule has 0 spiro atoms. The second-order valence-electron chi connectivity index (χ2n) is 4.95. The van der Waals surface area contributed by atoms with E-state index in [2.05, 4.69) is 63.6 Å². The third-order valence-electron chi connectivity index (χ3n) is 3.46. The quantitative estimate of drug-likeness (QED) is 0.785. The van der Waals surface area contributed by atoms with Crippen molar-refractivity contribution in [2.45, 2.75) is 32.7 Å². The summed E-state index contributed by atoms with van der Waals surface area (Å²) in [6, 6.07) is 10.6. The molecule has 0 aliphatic carbocycles. The molecule has 4 heteroatoms. The van der Waals surface area contributed by atoms with Crippen LogP contribution in [0.3, 0.4) is 0 Å². The minimum Gasteiger partial charge on any atom is -0.311 e. The second-order valence-corrected chi connectivity index (χ2v) is 5.74. The normalized spacial score (nSPS) is 10.9. The highest BCUT2D eigenvalue weighted by Gasteiger charge is 2.11. The van der Waals surface area contributed by atoms with E-state index in [1.807, 2.05) is 11.7 Å². The summed E-state index contributed by atoms with van der Waals surface area (Å²) in [5, 5.41) is 8.01. The van der Waals surface area contributed by atoms with E-state index in [0.717, 1.165) is 42.5 Å². The molecule has 2 rings (SSSR count). The van der Waals surface area contributed by atoms with Crippen LogP contribution in [0.1, 0.15) is 30.3 Å². The van der Waals surface area contributed by atoms with Gasteiger partial charge in [-0.15, -0.1) is 0 Å². The Kier molecular flexibility index (Phi) is 5.80. The molecule has 0 bridgehead atoms. The number of hydrogen-bond acceptors (Lipinski definition) is 2. The van der Waals surface area contributed by atoms with Gasteiger partial charge in [0.15, 0.2) is 0 Å². The molecule has 0 fully saturated rings. The van der Waals surface area contributed by atoms with Crippen LogP contribution in [-0.2, 0) is 26.4 Å². The van der Waals surface area contributed by atoms with E-state index >= 15 is 0 Å². The lowest BCUT2D eigenvalue weighted by atomic mass is 10.1. The third kappa shape index (κ3) is 3.93. The molecule has 0 saturated heterocycles. The van der Waals surface area contributed by atoms with Crippen LogP contribution in [0.2, 0.25) is 0 Å². The van der Waals surface area contributed by atoms with Gasteiger partial charge in [-0.2, -0.15) is 5.10 Å². The summed E-state index contributed by atoms with van der Waals surface area (Å²) in [5.74, 6) is 0. The maximum atomic E-state index is 4.50. The first-order valence-corrected chi connectivity index (χ1v) is 7.96. The number of nitrogens with zero attached hydrogens (tertiary/aromatic N) is 2. The summed E-state index contributed by atoms with van der Waals surface area (Å²) in [6.45, 7) is 4.01. The summed E-state index contributed by atoms with van der Waals surface area (Å²) >= 11 is 3.64. The van der Waals surface area contributed by atoms with Crippen molar-refractivity contribution in [1.82, 2.24) is 15.1 Å². The van der Waals surface area contributed by atoms with Gasteiger partial charge in [0.1, 0.15) is 0 Å². The van der Waals surface area contributed by atoms with Gasteiger partial charge in [0.05, 0.1) is 15.9 Å². The van der Waals surface area contributed by atoms with Crippen LogP contribution >= 0.6 is 15.9 Å². The summed E-state index contributed by atoms with van der Waals surface area (Å²) in [4.78, 5) is 0. The average molecular weight is 336 g/mol. The molecule has 1 aromatic heterocycles. The molecule has 2 aromatic rings. The Hall–Kier alpha value is -1.13. The fraction of sp³-hybridized carbons (Fsp3) is 0.438. The van der Waals surface area contributed by atoms with E-state index in [1.54, 1.807) is 0 Å². The van der Waals surface area contributed by atoms with Gasteiger partial charge < -0.3 is 5.32 Å². The van der Waals surface area contributed by atoms with Gasteiger partial charge in [-0.25, -0.2) is 0 Å². The maximum absolute atomic E-state index is 4.50. The second kappa shape index (κ2) is 7.60. The molecule has 0 saturated carbocycles. The summed E-state index contributed by atoms with van der Waals surface area (Å²) in [7, 11) is 2.00. The number of benzene rings is 1. The highest BCUT2D eigenvalue weighted by molar-refractivity contribution is 9.10. The molecule has 1 N–H and O–H groups in total. The zero-order chi connectivity index (χ0) is 14.4. The van der Waals surface area contributed by atoms with Crippen LogP contribution < -0.4 is 5.32 Å². The molecule has 0 aliphatic heterocycles. The van der Waals surface area contributed by atoms with Crippen LogP contribution in [-0.4, -0.2) is 16.3 Å². The minimum atomic E-state index is 0.860. The van der Waals surface area contributed by atoms with Gasteiger partial charge in [-0.05, 0) is 47.3 Å². The zero-order valence-electron chi connectivity index (χ0n) is 12.2. The Morgan fingerprint density at radius 3 is 2.65 bits per heavy atom. The molecule has 0 aliphatic rings. The van der Waals surface area contributed by atoms with Gasteiger partial charge in [0.2, 0.25) is 0 Å². The molecule has 1 heterocycles. The van der Waals surface area contributed by atoms with E-state index in [4.69, 9.17) is 0 Å². The van der Waals surface area contributed by atoms with Crippen molar-refractivity contribution in [3.8, 4) is 0 Å². The standard InChI is InChI=1S/C16H22BrN3/c1-3-14-16(17)15(20(2)19-14)12-18-11-7-10-13-8-5-4-6-9-13/h4-6,8-9,18H,3,7,10-12H2,1-2H3. The fourth-order valence-corrected chi connectivity index (χ4v) is 3.04. The summed E-state index contributed by atoms with van der Waals surface area (Å²) < 4.78 is 3.12. The van der Waals surface area contributed by atoms with E-state index in [9.17, 15) is 0 Å². The molecule has 0 amide bonds. The smallest absolute Gasteiger partial charge is 0.0767 e. The number of rotatable bonds is 7. The van der Waals surface area contributed by atoms with Crippen molar-refractivity contribution >= 4 is 15.9 Å². The average Bonchev–Trinajstić information content (AvgIpc) is 2.75. The van der Waals surface area contributed by atoms with E-state index in [-0.39, 0.29) is 0 Å². The molecule has 108 valence electrons. The molecular formula is C16H22BrN3. The van der Waals surface area contributed by atoms with Crippen LogP contribution in [0.15, 0.2) is 34.8 Å². The molecule has 0 radical (unpaired) electrons. The van der Waals surface area contributed by atoms with Crippen molar-refractivity contribution in [3.05, 3.63) is 51.8 Å². The van der Waals surface area contributed by atoms with E-state index in [1.165, 1.54) is 11.3 Å². The van der Waals surface area contributed by atoms with Gasteiger partial charge in [-0.3, -0.25) is 4.68 Å². The van der Waals surface area contributed by atoms with Crippen molar-refractivity contribution in [2.24, 2.45) is 7.05 Å². The zero-order valence-corrected chi connectivity index (χ0v) is 13.8. The molecule has 20 heavy (non-hydrogen) atoms. The molecule has 0 unspecified atom stereocenters. The Morgan fingerprint density at radius 1 is 1.25 bits per heavy atom. The maximum Gasteiger partial charge on any atom is 0.0767 e. The summed E-state index contributed by atoms with van der Waals surface area (Å²) in [5.41, 5.74) is 3.76. The van der Waals surface area contributed by atoms with Crippen molar-refractivity contribution in [1.29, 1.82) is 0 Å². The molecule has 3 nitrogen and oxygen atoms in total. The van der Waals surface area contributed by atoms with E-state index in [0.29, 0.717) is 0 Å². The number of nitrogens with one attached hydrogen (secondary N) is 1. The number of halogens is 1. The molecule has 1 aromatic carbocycles. The predicted molar refractivity (Wildman–Crippen MR) is 86.8 cm³/mol. The first-order valence-electron chi connectivity index (χ1n) is 7.17. The first-order chi connectivity index (χ1) is 9.72. The van der Waals surface area contributed by atoms with Crippen LogP contribution in [0.5, 0.6) is 0 Å². The van der Waals surface area contributed by atoms with Gasteiger partial charge in [-0.1, -0.05) is 37.3 Å². The highest BCUT2D eigenvalue weighted by atomic mass is 79.9. The van der Waals surface area contributed by atoms with Crippen LogP contribution in [0.25, 0.3) is 0 Å². The Bertz CT molecular complexity index is 534. The Morgan fingerprint density at radius 2 is 2.00 bits per heavy atom. The Labute approximate surface area is 129 Å². The van der Waals surface area contributed by atoms with Gasteiger partial charge in [0.25, 0.3) is 0 Å². The summed E-state index contributed by atoms with van der Waals surface area (Å²) in [6.07, 6.45) is 3.24. The lowest BCUT2D eigenvalue weighted by Gasteiger charge is -2.06. The third-order valence-corrected chi connectivity index (χ3v) is 4.37. The topological polar surface area (TPSA) is 29.9 Å². The van der Waals surface area contributed by atoms with Crippen LogP contribution in [0.4, 0.5) is 0 Å². The van der Waals surface area contributed by atoms with Crippen molar-refractivity contribution in [3.63, 3.8) is 0 Å². The monoisotopic (exact) mass is 335 g/mol. The Balaban J connectivity index is 1.75. The largest absolute Gasteiger partial charge is 0.311 e. The van der Waals surface area contributed by atoms with Crippen molar-refractivity contribution in [2.75, 3.05) is 6.54 Å². The lowest BCUT2D eigenvalue weighted by molar-refractivity contribution is 0.604. The minimum absolute atomic E-state index is 0.860. The van der Waals surface area contributed by atoms with Gasteiger partial charge in [0, 0.05) is 13.6 Å². The number of aromatic nitrogens is 2. The number of hydrogen-bond donors (Lipinski definition) is 1. The van der Waals surface area contributed by atoms with Crippen molar-refractivity contribution < 1.29 is 0 Å². The predicted octanol–water partition coefficient (Wildman–Crippen LogP) is 3.47. The number of aryl methyl sites for hydroxylation is 3.